The maximum atomic E-state index is 12.9. The van der Waals surface area contributed by atoms with Crippen LogP contribution in [0.3, 0.4) is 0 Å². The molecule has 104 valence electrons. The highest BCUT2D eigenvalue weighted by atomic mass is 19.1. The average Bonchev–Trinajstić information content (AvgIpc) is 2.49. The largest absolute Gasteiger partial charge is 0.372 e. The van der Waals surface area contributed by atoms with Crippen LogP contribution in [0.15, 0.2) is 48.5 Å². The van der Waals surface area contributed by atoms with Gasteiger partial charge in [0.05, 0.1) is 12.7 Å². The summed E-state index contributed by atoms with van der Waals surface area (Å²) in [6.07, 6.45) is 1.54. The zero-order chi connectivity index (χ0) is 13.9. The lowest BCUT2D eigenvalue weighted by molar-refractivity contribution is 0.0246. The Kier molecular flexibility index (Phi) is 3.81. The highest BCUT2D eigenvalue weighted by Crippen LogP contribution is 2.30. The number of ether oxygens (including phenoxy) is 1. The summed E-state index contributed by atoms with van der Waals surface area (Å²) in [7, 11) is 0. The molecule has 2 nitrogen and oxygen atoms in total. The van der Waals surface area contributed by atoms with Gasteiger partial charge in [-0.2, -0.15) is 0 Å². The first-order valence-electron chi connectivity index (χ1n) is 6.93. The summed E-state index contributed by atoms with van der Waals surface area (Å²) in [6.45, 7) is 0.707. The fourth-order valence-electron chi connectivity index (χ4n) is 2.78. The van der Waals surface area contributed by atoms with Crippen LogP contribution in [0.5, 0.6) is 0 Å². The molecule has 0 aliphatic carbocycles. The van der Waals surface area contributed by atoms with Crippen LogP contribution in [-0.2, 0) is 17.6 Å². The monoisotopic (exact) mass is 271 g/mol. The van der Waals surface area contributed by atoms with Crippen LogP contribution in [0.4, 0.5) is 4.39 Å². The van der Waals surface area contributed by atoms with E-state index in [1.54, 1.807) is 12.1 Å². The topological polar surface area (TPSA) is 35.2 Å². The molecule has 0 saturated carbocycles. The van der Waals surface area contributed by atoms with Gasteiger partial charge in [0.25, 0.3) is 0 Å². The molecule has 0 aromatic heterocycles. The van der Waals surface area contributed by atoms with E-state index in [1.165, 1.54) is 23.3 Å². The molecule has 20 heavy (non-hydrogen) atoms. The van der Waals surface area contributed by atoms with Crippen LogP contribution < -0.4 is 5.73 Å². The Morgan fingerprint density at radius 2 is 1.90 bits per heavy atom. The molecule has 0 spiro atoms. The average molecular weight is 271 g/mol. The molecule has 1 heterocycles. The van der Waals surface area contributed by atoms with Gasteiger partial charge in [0.2, 0.25) is 0 Å². The first-order valence-corrected chi connectivity index (χ1v) is 6.93. The van der Waals surface area contributed by atoms with Gasteiger partial charge in [0.1, 0.15) is 5.82 Å². The normalized spacial score (nSPS) is 19.4. The van der Waals surface area contributed by atoms with Crippen molar-refractivity contribution in [2.75, 3.05) is 6.61 Å². The van der Waals surface area contributed by atoms with Crippen molar-refractivity contribution in [1.82, 2.24) is 0 Å². The Morgan fingerprint density at radius 1 is 1.15 bits per heavy atom. The lowest BCUT2D eigenvalue weighted by Gasteiger charge is -2.30. The van der Waals surface area contributed by atoms with Crippen molar-refractivity contribution in [3.8, 4) is 0 Å². The summed E-state index contributed by atoms with van der Waals surface area (Å²) in [5.41, 5.74) is 9.85. The second kappa shape index (κ2) is 5.73. The Labute approximate surface area is 118 Å². The van der Waals surface area contributed by atoms with E-state index in [4.69, 9.17) is 10.5 Å². The van der Waals surface area contributed by atoms with Crippen molar-refractivity contribution in [2.24, 2.45) is 5.73 Å². The molecule has 2 N–H and O–H groups in total. The van der Waals surface area contributed by atoms with Gasteiger partial charge in [0.15, 0.2) is 0 Å². The molecule has 2 atom stereocenters. The second-order valence-electron chi connectivity index (χ2n) is 5.23. The standard InChI is InChI=1S/C17H18FNO/c18-14-7-5-12(6-8-14)11-16(19)17-15-4-2-1-3-13(15)9-10-20-17/h1-8,16-17H,9-11,19H2. The molecular formula is C17H18FNO. The van der Waals surface area contributed by atoms with Gasteiger partial charge in [-0.05, 0) is 41.7 Å². The highest BCUT2D eigenvalue weighted by molar-refractivity contribution is 5.32. The molecule has 2 aromatic carbocycles. The quantitative estimate of drug-likeness (QED) is 0.931. The summed E-state index contributed by atoms with van der Waals surface area (Å²) < 4.78 is 18.8. The Morgan fingerprint density at radius 3 is 2.70 bits per heavy atom. The zero-order valence-corrected chi connectivity index (χ0v) is 11.3. The van der Waals surface area contributed by atoms with Crippen molar-refractivity contribution in [1.29, 1.82) is 0 Å². The molecule has 0 fully saturated rings. The van der Waals surface area contributed by atoms with Gasteiger partial charge >= 0.3 is 0 Å². The van der Waals surface area contributed by atoms with Gasteiger partial charge in [-0.3, -0.25) is 0 Å². The fraction of sp³-hybridized carbons (Fsp3) is 0.294. The minimum atomic E-state index is -0.221. The van der Waals surface area contributed by atoms with Gasteiger partial charge in [-0.25, -0.2) is 4.39 Å². The molecule has 0 bridgehead atoms. The number of halogens is 1. The minimum Gasteiger partial charge on any atom is -0.372 e. The smallest absolute Gasteiger partial charge is 0.123 e. The van der Waals surface area contributed by atoms with Crippen molar-refractivity contribution in [2.45, 2.75) is 25.0 Å². The van der Waals surface area contributed by atoms with E-state index in [-0.39, 0.29) is 18.0 Å². The van der Waals surface area contributed by atoms with Gasteiger partial charge in [-0.15, -0.1) is 0 Å². The van der Waals surface area contributed by atoms with Gasteiger partial charge in [0, 0.05) is 6.04 Å². The van der Waals surface area contributed by atoms with E-state index in [0.717, 1.165) is 12.0 Å². The summed E-state index contributed by atoms with van der Waals surface area (Å²) in [5, 5.41) is 0. The van der Waals surface area contributed by atoms with Gasteiger partial charge in [-0.1, -0.05) is 36.4 Å². The molecule has 3 heteroatoms. The third kappa shape index (κ3) is 2.74. The Bertz CT molecular complexity index is 582. The highest BCUT2D eigenvalue weighted by Gasteiger charge is 2.26. The molecule has 2 aromatic rings. The Balaban J connectivity index is 1.78. The summed E-state index contributed by atoms with van der Waals surface area (Å²) in [4.78, 5) is 0. The molecule has 0 amide bonds. The van der Waals surface area contributed by atoms with Crippen LogP contribution >= 0.6 is 0 Å². The third-order valence-corrected chi connectivity index (χ3v) is 3.80. The van der Waals surface area contributed by atoms with Crippen molar-refractivity contribution in [3.05, 3.63) is 71.0 Å². The molecule has 0 radical (unpaired) electrons. The number of hydrogen-bond donors (Lipinski definition) is 1. The minimum absolute atomic E-state index is 0.0787. The van der Waals surface area contributed by atoms with E-state index in [2.05, 4.69) is 12.1 Å². The predicted octanol–water partition coefficient (Wildman–Crippen LogP) is 3.01. The SMILES string of the molecule is NC(Cc1ccc(F)cc1)C1OCCc2ccccc21. The van der Waals surface area contributed by atoms with Crippen LogP contribution in [0.25, 0.3) is 0 Å². The Hall–Kier alpha value is -1.71. The number of fused-ring (bicyclic) bond motifs is 1. The van der Waals surface area contributed by atoms with E-state index in [0.29, 0.717) is 13.0 Å². The van der Waals surface area contributed by atoms with Crippen LogP contribution in [-0.4, -0.2) is 12.6 Å². The number of benzene rings is 2. The van der Waals surface area contributed by atoms with Crippen molar-refractivity contribution >= 4 is 0 Å². The van der Waals surface area contributed by atoms with E-state index in [9.17, 15) is 4.39 Å². The van der Waals surface area contributed by atoms with Crippen LogP contribution in [0.2, 0.25) is 0 Å². The fourth-order valence-corrected chi connectivity index (χ4v) is 2.78. The molecule has 1 aliphatic heterocycles. The van der Waals surface area contributed by atoms with Crippen LogP contribution in [0.1, 0.15) is 22.8 Å². The number of hydrogen-bond acceptors (Lipinski definition) is 2. The number of rotatable bonds is 3. The zero-order valence-electron chi connectivity index (χ0n) is 11.3. The van der Waals surface area contributed by atoms with Gasteiger partial charge < -0.3 is 10.5 Å². The van der Waals surface area contributed by atoms with Crippen LogP contribution in [0, 0.1) is 5.82 Å². The molecular weight excluding hydrogens is 253 g/mol. The summed E-state index contributed by atoms with van der Waals surface area (Å²) >= 11 is 0. The predicted molar refractivity (Wildman–Crippen MR) is 76.9 cm³/mol. The van der Waals surface area contributed by atoms with E-state index in [1.807, 2.05) is 12.1 Å². The maximum absolute atomic E-state index is 12.9. The first kappa shape index (κ1) is 13.3. The lowest BCUT2D eigenvalue weighted by atomic mass is 9.91. The molecule has 3 rings (SSSR count). The van der Waals surface area contributed by atoms with E-state index >= 15 is 0 Å². The van der Waals surface area contributed by atoms with Crippen molar-refractivity contribution in [3.63, 3.8) is 0 Å². The lowest BCUT2D eigenvalue weighted by Crippen LogP contribution is -2.35. The van der Waals surface area contributed by atoms with E-state index < -0.39 is 0 Å². The molecule has 1 aliphatic rings. The third-order valence-electron chi connectivity index (χ3n) is 3.80. The van der Waals surface area contributed by atoms with Crippen molar-refractivity contribution < 1.29 is 9.13 Å². The first-order chi connectivity index (χ1) is 9.74. The second-order valence-corrected chi connectivity index (χ2v) is 5.23. The molecule has 2 unspecified atom stereocenters. The maximum Gasteiger partial charge on any atom is 0.123 e. The molecule has 0 saturated heterocycles. The summed E-state index contributed by atoms with van der Waals surface area (Å²) in [6, 6.07) is 14.7. The summed E-state index contributed by atoms with van der Waals surface area (Å²) in [5.74, 6) is -0.221. The number of nitrogens with two attached hydrogens (primary N) is 1.